The van der Waals surface area contributed by atoms with E-state index in [-0.39, 0.29) is 109 Å². The van der Waals surface area contributed by atoms with Crippen molar-refractivity contribution in [3.05, 3.63) is 0 Å². The summed E-state index contributed by atoms with van der Waals surface area (Å²) in [6.45, 7) is 7.92. The van der Waals surface area contributed by atoms with Crippen molar-refractivity contribution in [3.63, 3.8) is 0 Å². The summed E-state index contributed by atoms with van der Waals surface area (Å²) in [5.74, 6) is 0. The van der Waals surface area contributed by atoms with Crippen LogP contribution in [0.5, 0.6) is 0 Å². The first kappa shape index (κ1) is 34.8. The molecule has 5 nitrogen and oxygen atoms in total. The van der Waals surface area contributed by atoms with Gasteiger partial charge >= 0.3 is 103 Å². The molecule has 0 saturated carbocycles. The molecule has 0 heterocycles. The number of ether oxygens (including phenoxy) is 1. The van der Waals surface area contributed by atoms with Crippen molar-refractivity contribution in [1.29, 1.82) is 0 Å². The van der Waals surface area contributed by atoms with Gasteiger partial charge < -0.3 is 23.6 Å². The molecule has 0 aliphatic heterocycles. The van der Waals surface area contributed by atoms with Gasteiger partial charge in [-0.05, 0) is 20.3 Å². The molecule has 0 rings (SSSR count). The van der Waals surface area contributed by atoms with Crippen LogP contribution in [-0.2, 0) is 13.8 Å². The molecule has 0 aromatic rings. The molecule has 0 radical (unpaired) electrons. The average molecular weight is 417 g/mol. The van der Waals surface area contributed by atoms with E-state index < -0.39 is 7.82 Å². The maximum atomic E-state index is 10.1. The molecule has 8 heteroatoms. The fourth-order valence-electron chi connectivity index (χ4n) is 1.97. The van der Waals surface area contributed by atoms with Crippen molar-refractivity contribution >= 4 is 7.82 Å². The molecule has 0 fully saturated rings. The van der Waals surface area contributed by atoms with Crippen LogP contribution in [0.1, 0.15) is 85.0 Å². The monoisotopic (exact) mass is 416 g/mol. The summed E-state index contributed by atoms with van der Waals surface area (Å²) >= 11 is 0. The maximum absolute atomic E-state index is 10.1. The molecular weight excluding hydrogens is 381 g/mol. The van der Waals surface area contributed by atoms with Crippen LogP contribution in [0.2, 0.25) is 0 Å². The van der Waals surface area contributed by atoms with Gasteiger partial charge in [-0.2, -0.15) is 0 Å². The van der Waals surface area contributed by atoms with E-state index in [1.54, 1.807) is 0 Å². The van der Waals surface area contributed by atoms with E-state index in [2.05, 4.69) is 11.4 Å². The Bertz CT molecular complexity index is 251. The van der Waals surface area contributed by atoms with Crippen molar-refractivity contribution in [3.8, 4) is 0 Å². The van der Waals surface area contributed by atoms with Crippen LogP contribution < -0.4 is 113 Å². The third-order valence-electron chi connectivity index (χ3n) is 3.16. The zero-order valence-electron chi connectivity index (χ0n) is 16.7. The fraction of sp³-hybridized carbons (Fsp3) is 1.00. The zero-order chi connectivity index (χ0) is 17.1. The fourth-order valence-corrected chi connectivity index (χ4v) is 2.32. The zero-order valence-corrected chi connectivity index (χ0v) is 23.8. The molecule has 0 aromatic carbocycles. The first-order valence-electron chi connectivity index (χ1n) is 8.72. The standard InChI is InChI=1S/C12H27O4P.C4H10O.2K/c1-2-3-4-5-6-7-8-9-10-11-12-16-17(13,14)15;1-3-5-4-2;;/h2-12H2,1H3,(H2,13,14,15);3-4H2,1-2H3;;/q;;2*+1/p-2. The summed E-state index contributed by atoms with van der Waals surface area (Å²) in [5.41, 5.74) is 0. The summed E-state index contributed by atoms with van der Waals surface area (Å²) in [6, 6.07) is 0. The van der Waals surface area contributed by atoms with Crippen LogP contribution in [0, 0.1) is 0 Å². The van der Waals surface area contributed by atoms with Gasteiger partial charge in [0.1, 0.15) is 0 Å². The molecule has 0 N–H and O–H groups in total. The van der Waals surface area contributed by atoms with Gasteiger partial charge in [0, 0.05) is 13.2 Å². The van der Waals surface area contributed by atoms with Crippen LogP contribution in [0.4, 0.5) is 0 Å². The third kappa shape index (κ3) is 40.1. The quantitative estimate of drug-likeness (QED) is 0.182. The van der Waals surface area contributed by atoms with Crippen molar-refractivity contribution in [2.24, 2.45) is 0 Å². The van der Waals surface area contributed by atoms with Crippen LogP contribution in [0.15, 0.2) is 0 Å². The second-order valence-electron chi connectivity index (χ2n) is 5.24. The van der Waals surface area contributed by atoms with Gasteiger partial charge in [-0.3, -0.25) is 0 Å². The van der Waals surface area contributed by atoms with Crippen molar-refractivity contribution < 1.29 is 126 Å². The SMILES string of the molecule is CCCCCCCCCCCCOP(=O)([O-])[O-].CCOCC.[K+].[K+]. The van der Waals surface area contributed by atoms with Crippen LogP contribution in [-0.4, -0.2) is 19.8 Å². The van der Waals surface area contributed by atoms with Gasteiger partial charge in [-0.1, -0.05) is 64.7 Å². The number of rotatable bonds is 14. The molecule has 0 unspecified atom stereocenters. The third-order valence-corrected chi connectivity index (χ3v) is 3.65. The summed E-state index contributed by atoms with van der Waals surface area (Å²) in [7, 11) is -4.74. The summed E-state index contributed by atoms with van der Waals surface area (Å²) in [4.78, 5) is 20.3. The number of unbranched alkanes of at least 4 members (excludes halogenated alkanes) is 9. The number of phosphoric acid groups is 1. The van der Waals surface area contributed by atoms with Gasteiger partial charge in [0.15, 0.2) is 0 Å². The summed E-state index contributed by atoms with van der Waals surface area (Å²) in [6.07, 6.45) is 11.7. The van der Waals surface area contributed by atoms with E-state index in [0.29, 0.717) is 6.42 Å². The minimum atomic E-state index is -4.74. The molecule has 0 aliphatic rings. The molecule has 0 bridgehead atoms. The van der Waals surface area contributed by atoms with Gasteiger partial charge in [-0.15, -0.1) is 0 Å². The Morgan fingerprint density at radius 1 is 0.708 bits per heavy atom. The molecule has 0 spiro atoms. The molecule has 0 amide bonds. The van der Waals surface area contributed by atoms with Gasteiger partial charge in [-0.25, -0.2) is 0 Å². The minimum Gasteiger partial charge on any atom is -0.790 e. The normalized spacial score (nSPS) is 10.2. The molecule has 136 valence electrons. The Labute approximate surface area is 234 Å². The summed E-state index contributed by atoms with van der Waals surface area (Å²) < 4.78 is 19.1. The van der Waals surface area contributed by atoms with Gasteiger partial charge in [0.05, 0.1) is 14.4 Å². The molecule has 0 aliphatic carbocycles. The van der Waals surface area contributed by atoms with Gasteiger partial charge in [0.25, 0.3) is 0 Å². The largest absolute Gasteiger partial charge is 1.00 e. The molecular formula is C16H35K2O5P. The predicted octanol–water partition coefficient (Wildman–Crippen LogP) is -2.20. The van der Waals surface area contributed by atoms with E-state index in [1.165, 1.54) is 44.9 Å². The van der Waals surface area contributed by atoms with Crippen LogP contribution in [0.25, 0.3) is 0 Å². The second-order valence-corrected chi connectivity index (χ2v) is 6.40. The number of hydrogen-bond donors (Lipinski definition) is 0. The Hall–Kier alpha value is 3.34. The Morgan fingerprint density at radius 2 is 1.08 bits per heavy atom. The first-order chi connectivity index (χ1) is 10.5. The van der Waals surface area contributed by atoms with Crippen molar-refractivity contribution in [2.75, 3.05) is 19.8 Å². The van der Waals surface area contributed by atoms with E-state index in [1.807, 2.05) is 13.8 Å². The summed E-state index contributed by atoms with van der Waals surface area (Å²) in [5, 5.41) is 0. The van der Waals surface area contributed by atoms with E-state index in [0.717, 1.165) is 26.1 Å². The van der Waals surface area contributed by atoms with E-state index in [9.17, 15) is 14.4 Å². The van der Waals surface area contributed by atoms with Crippen molar-refractivity contribution in [2.45, 2.75) is 85.0 Å². The maximum Gasteiger partial charge on any atom is 1.00 e. The molecule has 24 heavy (non-hydrogen) atoms. The first-order valence-corrected chi connectivity index (χ1v) is 10.2. The van der Waals surface area contributed by atoms with Gasteiger partial charge in [0.2, 0.25) is 0 Å². The Kier molecular flexibility index (Phi) is 41.4. The topological polar surface area (TPSA) is 81.7 Å². The smallest absolute Gasteiger partial charge is 0.790 e. The van der Waals surface area contributed by atoms with E-state index in [4.69, 9.17) is 4.74 Å². The Morgan fingerprint density at radius 3 is 1.38 bits per heavy atom. The average Bonchev–Trinajstić information content (AvgIpc) is 2.45. The number of phosphoric ester groups is 1. The van der Waals surface area contributed by atoms with Crippen LogP contribution >= 0.6 is 7.82 Å². The molecule has 0 aromatic heterocycles. The second kappa shape index (κ2) is 28.6. The molecule has 0 atom stereocenters. The Balaban J connectivity index is -0.000000250. The van der Waals surface area contributed by atoms with E-state index >= 15 is 0 Å². The molecule has 0 saturated heterocycles. The predicted molar refractivity (Wildman–Crippen MR) is 87.6 cm³/mol. The number of hydrogen-bond acceptors (Lipinski definition) is 5. The van der Waals surface area contributed by atoms with Crippen LogP contribution in [0.3, 0.4) is 0 Å². The van der Waals surface area contributed by atoms with Crippen molar-refractivity contribution in [1.82, 2.24) is 0 Å². The minimum absolute atomic E-state index is 0.